The molecule has 2 aliphatic rings. The van der Waals surface area contributed by atoms with E-state index in [1.165, 1.54) is 0 Å². The number of hydrogen-bond acceptors (Lipinski definition) is 6. The number of anilines is 1. The zero-order valence-electron chi connectivity index (χ0n) is 17.4. The molecule has 0 amide bonds. The topological polar surface area (TPSA) is 84.6 Å². The van der Waals surface area contributed by atoms with E-state index in [4.69, 9.17) is 26.4 Å². The van der Waals surface area contributed by atoms with Crippen molar-refractivity contribution in [3.63, 3.8) is 0 Å². The average Bonchev–Trinajstić information content (AvgIpc) is 3.23. The van der Waals surface area contributed by atoms with E-state index >= 15 is 0 Å². The summed E-state index contributed by atoms with van der Waals surface area (Å²) in [6, 6.07) is 4.02. The summed E-state index contributed by atoms with van der Waals surface area (Å²) in [5.41, 5.74) is 3.90. The molecule has 0 aromatic carbocycles. The maximum atomic E-state index is 10.3. The first-order valence-corrected chi connectivity index (χ1v) is 10.9. The number of nitrogens with one attached hydrogen (secondary N) is 1. The van der Waals surface area contributed by atoms with E-state index in [-0.39, 0.29) is 12.1 Å². The highest BCUT2D eigenvalue weighted by Gasteiger charge is 2.33. The Bertz CT molecular complexity index is 1120. The Morgan fingerprint density at radius 2 is 2.10 bits per heavy atom. The Hall–Kier alpha value is -2.38. The van der Waals surface area contributed by atoms with E-state index in [2.05, 4.69) is 17.2 Å². The quantitative estimate of drug-likeness (QED) is 0.610. The van der Waals surface area contributed by atoms with Gasteiger partial charge in [0.15, 0.2) is 17.2 Å². The van der Waals surface area contributed by atoms with Gasteiger partial charge in [0.05, 0.1) is 17.0 Å². The number of aryl methyl sites for hydroxylation is 1. The second-order valence-electron chi connectivity index (χ2n) is 8.85. The zero-order chi connectivity index (χ0) is 21.0. The minimum Gasteiger partial charge on any atom is -0.486 e. The second-order valence-corrected chi connectivity index (χ2v) is 9.24. The van der Waals surface area contributed by atoms with Gasteiger partial charge >= 0.3 is 0 Å². The molecule has 3 aromatic heterocycles. The third kappa shape index (κ3) is 3.40. The van der Waals surface area contributed by atoms with Gasteiger partial charge < -0.3 is 15.2 Å². The van der Waals surface area contributed by atoms with Gasteiger partial charge in [-0.25, -0.2) is 14.5 Å². The fraction of sp³-hybridized carbons (Fsp3) is 0.500. The van der Waals surface area contributed by atoms with Crippen molar-refractivity contribution < 1.29 is 9.84 Å². The number of halogens is 1. The molecule has 1 aliphatic heterocycles. The number of rotatable bonds is 3. The fourth-order valence-electron chi connectivity index (χ4n) is 4.58. The zero-order valence-corrected chi connectivity index (χ0v) is 18.2. The van der Waals surface area contributed by atoms with Gasteiger partial charge in [-0.05, 0) is 58.6 Å². The summed E-state index contributed by atoms with van der Waals surface area (Å²) in [5.74, 6) is 1.64. The van der Waals surface area contributed by atoms with E-state index in [9.17, 15) is 5.11 Å². The van der Waals surface area contributed by atoms with Crippen molar-refractivity contribution in [1.29, 1.82) is 0 Å². The van der Waals surface area contributed by atoms with Gasteiger partial charge in [0, 0.05) is 29.8 Å². The molecule has 8 heteroatoms. The van der Waals surface area contributed by atoms with Gasteiger partial charge in [0.25, 0.3) is 0 Å². The molecular formula is C22H26ClN5O2. The van der Waals surface area contributed by atoms with Crippen molar-refractivity contribution in [1.82, 2.24) is 19.6 Å². The summed E-state index contributed by atoms with van der Waals surface area (Å²) in [5, 5.41) is 19.3. The van der Waals surface area contributed by atoms with Crippen molar-refractivity contribution in [2.75, 3.05) is 5.32 Å². The highest BCUT2D eigenvalue weighted by molar-refractivity contribution is 6.29. The molecule has 5 rings (SSSR count). The number of ether oxygens (including phenoxy) is 1. The minimum absolute atomic E-state index is 0.0801. The number of nitrogens with zero attached hydrogens (tertiary/aromatic N) is 4. The summed E-state index contributed by atoms with van der Waals surface area (Å²) in [4.78, 5) is 8.88. The normalized spacial score (nSPS) is 25.9. The molecule has 30 heavy (non-hydrogen) atoms. The number of aromatic nitrogens is 4. The highest BCUT2D eigenvalue weighted by Crippen LogP contribution is 2.40. The Kier molecular flexibility index (Phi) is 4.63. The van der Waals surface area contributed by atoms with E-state index in [1.807, 2.05) is 30.5 Å². The van der Waals surface area contributed by atoms with E-state index in [0.717, 1.165) is 71.8 Å². The largest absolute Gasteiger partial charge is 0.486 e. The van der Waals surface area contributed by atoms with Crippen molar-refractivity contribution >= 4 is 23.1 Å². The average molecular weight is 428 g/mol. The lowest BCUT2D eigenvalue weighted by Gasteiger charge is -2.33. The van der Waals surface area contributed by atoms with Gasteiger partial charge in [-0.2, -0.15) is 0 Å². The van der Waals surface area contributed by atoms with Crippen molar-refractivity contribution in [3.8, 4) is 17.0 Å². The number of aliphatic hydroxyl groups is 1. The number of imidazole rings is 1. The molecule has 1 fully saturated rings. The first kappa shape index (κ1) is 19.6. The minimum atomic E-state index is -0.565. The van der Waals surface area contributed by atoms with Crippen LogP contribution < -0.4 is 10.1 Å². The van der Waals surface area contributed by atoms with Crippen molar-refractivity contribution in [3.05, 3.63) is 34.7 Å². The molecule has 0 spiro atoms. The van der Waals surface area contributed by atoms with Crippen LogP contribution in [0.25, 0.3) is 16.9 Å². The Balaban J connectivity index is 1.61. The molecule has 158 valence electrons. The van der Waals surface area contributed by atoms with Crippen LogP contribution in [0.2, 0.25) is 5.15 Å². The third-order valence-electron chi connectivity index (χ3n) is 6.21. The van der Waals surface area contributed by atoms with Crippen LogP contribution in [-0.2, 0) is 6.42 Å². The first-order chi connectivity index (χ1) is 14.3. The SMILES string of the molecule is Cc1nc2c3c(c(NC4CCC(C)(O)CC4)nn2c1-c1ccnc(Cl)c1)CC(C)O3. The molecule has 3 aromatic rings. The van der Waals surface area contributed by atoms with Crippen LogP contribution in [0.5, 0.6) is 5.75 Å². The molecule has 0 radical (unpaired) electrons. The smallest absolute Gasteiger partial charge is 0.197 e. The van der Waals surface area contributed by atoms with E-state index < -0.39 is 5.60 Å². The Morgan fingerprint density at radius 1 is 1.33 bits per heavy atom. The van der Waals surface area contributed by atoms with E-state index in [1.54, 1.807) is 6.20 Å². The number of fused-ring (bicyclic) bond motifs is 3. The lowest BCUT2D eigenvalue weighted by atomic mass is 9.83. The maximum absolute atomic E-state index is 10.3. The predicted octanol–water partition coefficient (Wildman–Crippen LogP) is 4.18. The molecule has 1 aliphatic carbocycles. The molecule has 1 saturated carbocycles. The van der Waals surface area contributed by atoms with Crippen LogP contribution in [0.15, 0.2) is 18.3 Å². The molecule has 1 atom stereocenters. The molecular weight excluding hydrogens is 402 g/mol. The third-order valence-corrected chi connectivity index (χ3v) is 6.41. The summed E-state index contributed by atoms with van der Waals surface area (Å²) >= 11 is 6.14. The Labute approximate surface area is 180 Å². The monoisotopic (exact) mass is 427 g/mol. The fourth-order valence-corrected chi connectivity index (χ4v) is 4.76. The van der Waals surface area contributed by atoms with Crippen LogP contribution in [0, 0.1) is 6.92 Å². The van der Waals surface area contributed by atoms with Gasteiger partial charge in [-0.1, -0.05) is 11.6 Å². The summed E-state index contributed by atoms with van der Waals surface area (Å²) in [7, 11) is 0. The number of hydrogen-bond donors (Lipinski definition) is 2. The molecule has 2 N–H and O–H groups in total. The van der Waals surface area contributed by atoms with Crippen LogP contribution >= 0.6 is 11.6 Å². The van der Waals surface area contributed by atoms with Crippen molar-refractivity contribution in [2.24, 2.45) is 0 Å². The molecule has 7 nitrogen and oxygen atoms in total. The van der Waals surface area contributed by atoms with Crippen LogP contribution in [0.1, 0.15) is 50.8 Å². The van der Waals surface area contributed by atoms with Crippen LogP contribution in [-0.4, -0.2) is 42.4 Å². The molecule has 0 saturated heterocycles. The lowest BCUT2D eigenvalue weighted by molar-refractivity contribution is 0.0196. The second kappa shape index (κ2) is 7.10. The lowest BCUT2D eigenvalue weighted by Crippen LogP contribution is -2.36. The highest BCUT2D eigenvalue weighted by atomic mass is 35.5. The summed E-state index contributed by atoms with van der Waals surface area (Å²) < 4.78 is 8.03. The maximum Gasteiger partial charge on any atom is 0.197 e. The van der Waals surface area contributed by atoms with Gasteiger partial charge in [0.2, 0.25) is 0 Å². The van der Waals surface area contributed by atoms with Gasteiger partial charge in [-0.15, -0.1) is 5.10 Å². The predicted molar refractivity (Wildman–Crippen MR) is 116 cm³/mol. The standard InChI is InChI=1S/C22H26ClN5O2/c1-12-10-16-19(30-12)21-25-13(2)18(14-6-9-24-17(23)11-14)28(21)27-20(16)26-15-4-7-22(3,29)8-5-15/h6,9,11-12,15,29H,4-5,7-8,10H2,1-3H3,(H,26,27). The van der Waals surface area contributed by atoms with Crippen LogP contribution in [0.3, 0.4) is 0 Å². The van der Waals surface area contributed by atoms with E-state index in [0.29, 0.717) is 5.15 Å². The first-order valence-electron chi connectivity index (χ1n) is 10.5. The molecule has 1 unspecified atom stereocenters. The Morgan fingerprint density at radius 3 is 2.83 bits per heavy atom. The molecule has 4 heterocycles. The van der Waals surface area contributed by atoms with Gasteiger partial charge in [0.1, 0.15) is 11.3 Å². The van der Waals surface area contributed by atoms with Crippen molar-refractivity contribution in [2.45, 2.75) is 70.6 Å². The summed E-state index contributed by atoms with van der Waals surface area (Å²) in [6.45, 7) is 5.96. The summed E-state index contributed by atoms with van der Waals surface area (Å²) in [6.07, 6.45) is 5.96. The molecule has 0 bridgehead atoms. The van der Waals surface area contributed by atoms with Gasteiger partial charge in [-0.3, -0.25) is 0 Å². The van der Waals surface area contributed by atoms with Crippen LogP contribution in [0.4, 0.5) is 5.82 Å². The number of pyridine rings is 1.